The van der Waals surface area contributed by atoms with E-state index in [2.05, 4.69) is 12.1 Å². The van der Waals surface area contributed by atoms with Gasteiger partial charge in [0.2, 0.25) is 5.75 Å². The molecule has 0 aromatic heterocycles. The minimum atomic E-state index is -0.944. The number of aliphatic hydroxyl groups excluding tert-OH is 1. The average Bonchev–Trinajstić information content (AvgIpc) is 3.55. The lowest BCUT2D eigenvalue weighted by Gasteiger charge is -2.35. The van der Waals surface area contributed by atoms with Crippen LogP contribution in [-0.2, 0) is 23.2 Å². The fourth-order valence-corrected chi connectivity index (χ4v) is 7.01. The molecule has 2 unspecified atom stereocenters. The molecule has 0 bridgehead atoms. The quantitative estimate of drug-likeness (QED) is 0.0569. The summed E-state index contributed by atoms with van der Waals surface area (Å²) in [5.41, 5.74) is 8.72. The van der Waals surface area contributed by atoms with E-state index in [0.717, 1.165) is 31.2 Å². The van der Waals surface area contributed by atoms with E-state index in [1.807, 2.05) is 18.2 Å². The molecule has 0 radical (unpaired) electrons. The van der Waals surface area contributed by atoms with Gasteiger partial charge >= 0.3 is 0 Å². The Balaban J connectivity index is 1.36. The number of nitrogens with two attached hydrogens (primary N) is 1. The highest BCUT2D eigenvalue weighted by Crippen LogP contribution is 2.50. The number of hydrogen-bond acceptors (Lipinski definition) is 9. The largest absolute Gasteiger partial charge is 0.508 e. The minimum Gasteiger partial charge on any atom is -0.508 e. The number of carbonyl (C=O) groups is 1. The van der Waals surface area contributed by atoms with E-state index in [9.17, 15) is 30.3 Å². The molecule has 9 nitrogen and oxygen atoms in total. The molecule has 5 rings (SSSR count). The molecule has 0 saturated heterocycles. The molecule has 4 aromatic rings. The van der Waals surface area contributed by atoms with E-state index in [1.165, 1.54) is 17.7 Å². The van der Waals surface area contributed by atoms with Gasteiger partial charge < -0.3 is 35.0 Å². The fourth-order valence-electron chi connectivity index (χ4n) is 7.01. The summed E-state index contributed by atoms with van der Waals surface area (Å²) in [6, 6.07) is 25.1. The molecule has 4 aromatic carbocycles. The Bertz CT molecular complexity index is 1670. The van der Waals surface area contributed by atoms with Gasteiger partial charge in [-0.05, 0) is 102 Å². The molecular formula is C39H45NO8. The van der Waals surface area contributed by atoms with Crippen LogP contribution < -0.4 is 15.2 Å². The predicted molar refractivity (Wildman–Crippen MR) is 183 cm³/mol. The molecule has 9 heteroatoms. The van der Waals surface area contributed by atoms with Gasteiger partial charge in [-0.1, -0.05) is 61.4 Å². The smallest absolute Gasteiger partial charge is 0.200 e. The van der Waals surface area contributed by atoms with Crippen LogP contribution >= 0.6 is 0 Å². The monoisotopic (exact) mass is 655 g/mol. The number of phenolic OH excluding ortho intramolecular Hbond substituents is 4. The third-order valence-electron chi connectivity index (χ3n) is 9.41. The molecule has 0 spiro atoms. The number of ether oxygens (including phenoxy) is 2. The lowest BCUT2D eigenvalue weighted by atomic mass is 9.70. The van der Waals surface area contributed by atoms with Gasteiger partial charge in [0.1, 0.15) is 24.9 Å². The van der Waals surface area contributed by atoms with E-state index in [4.69, 9.17) is 15.2 Å². The van der Waals surface area contributed by atoms with Gasteiger partial charge in [0.25, 0.3) is 0 Å². The molecule has 0 amide bonds. The molecule has 48 heavy (non-hydrogen) atoms. The lowest BCUT2D eigenvalue weighted by molar-refractivity contribution is -0.121. The number of aryl methyl sites for hydroxylation is 1. The summed E-state index contributed by atoms with van der Waals surface area (Å²) >= 11 is 0. The van der Waals surface area contributed by atoms with Crippen LogP contribution in [0.25, 0.3) is 0 Å². The molecule has 0 heterocycles. The second-order valence-corrected chi connectivity index (χ2v) is 12.8. The standard InChI is InChI=1S/C39H45NO8/c40-25-48-36-18-26(12-14-34(36)44)11-13-32(42)22-33(43)19-29(23-39(15-4-5-16-39)30-8-2-1-3-9-30)28-20-35(45)38(46)37(21-28)47-24-27-7-6-10-31(41)17-27/h1-3,6-10,12,14,17-18,20-21,29,33,41,43-46H,4-5,11,13,15-16,19,22-25,40H2. The van der Waals surface area contributed by atoms with Crippen molar-refractivity contribution < 1.29 is 39.8 Å². The SMILES string of the molecule is NCOc1cc(CCC(=O)CC(O)CC(CC2(c3ccccc3)CCCC2)c2cc(O)c(O)c(OCc3cccc(O)c3)c2)ccc1O. The Labute approximate surface area is 281 Å². The molecule has 1 saturated carbocycles. The Morgan fingerprint density at radius 2 is 1.58 bits per heavy atom. The van der Waals surface area contributed by atoms with Crippen molar-refractivity contribution in [3.8, 4) is 34.5 Å². The lowest BCUT2D eigenvalue weighted by Crippen LogP contribution is -2.27. The van der Waals surface area contributed by atoms with Gasteiger partial charge in [-0.2, -0.15) is 0 Å². The Kier molecular flexibility index (Phi) is 11.5. The van der Waals surface area contributed by atoms with Crippen molar-refractivity contribution in [3.63, 3.8) is 0 Å². The number of phenols is 4. The molecule has 7 N–H and O–H groups in total. The summed E-state index contributed by atoms with van der Waals surface area (Å²) in [6.45, 7) is -0.0274. The summed E-state index contributed by atoms with van der Waals surface area (Å²) in [7, 11) is 0. The number of carbonyl (C=O) groups excluding carboxylic acids is 1. The molecule has 1 fully saturated rings. The van der Waals surface area contributed by atoms with Gasteiger partial charge in [0.15, 0.2) is 23.0 Å². The molecule has 1 aliphatic carbocycles. The highest BCUT2D eigenvalue weighted by atomic mass is 16.5. The van der Waals surface area contributed by atoms with E-state index in [0.29, 0.717) is 24.0 Å². The predicted octanol–water partition coefficient (Wildman–Crippen LogP) is 6.71. The van der Waals surface area contributed by atoms with Crippen molar-refractivity contribution in [1.29, 1.82) is 0 Å². The molecule has 1 aliphatic rings. The first-order valence-corrected chi connectivity index (χ1v) is 16.5. The number of hydrogen-bond donors (Lipinski definition) is 6. The van der Waals surface area contributed by atoms with Crippen molar-refractivity contribution in [1.82, 2.24) is 0 Å². The average molecular weight is 656 g/mol. The second-order valence-electron chi connectivity index (χ2n) is 12.8. The number of benzene rings is 4. The Hall–Kier alpha value is -4.73. The van der Waals surface area contributed by atoms with Crippen molar-refractivity contribution in [2.24, 2.45) is 5.73 Å². The normalized spacial score (nSPS) is 15.1. The van der Waals surface area contributed by atoms with Gasteiger partial charge in [-0.15, -0.1) is 0 Å². The third kappa shape index (κ3) is 8.79. The van der Waals surface area contributed by atoms with Crippen LogP contribution in [0.4, 0.5) is 0 Å². The van der Waals surface area contributed by atoms with E-state index in [1.54, 1.807) is 42.5 Å². The van der Waals surface area contributed by atoms with Crippen LogP contribution in [-0.4, -0.2) is 44.2 Å². The first kappa shape index (κ1) is 34.6. The van der Waals surface area contributed by atoms with Crippen LogP contribution in [0, 0.1) is 0 Å². The number of ketones is 1. The first-order valence-electron chi connectivity index (χ1n) is 16.5. The van der Waals surface area contributed by atoms with Crippen LogP contribution in [0.15, 0.2) is 84.9 Å². The van der Waals surface area contributed by atoms with Crippen LogP contribution in [0.2, 0.25) is 0 Å². The van der Waals surface area contributed by atoms with Crippen molar-refractivity contribution >= 4 is 5.78 Å². The maximum Gasteiger partial charge on any atom is 0.200 e. The topological polar surface area (TPSA) is 163 Å². The highest BCUT2D eigenvalue weighted by Gasteiger charge is 2.39. The zero-order chi connectivity index (χ0) is 34.1. The first-order chi connectivity index (χ1) is 23.2. The third-order valence-corrected chi connectivity index (χ3v) is 9.41. The molecule has 2 atom stereocenters. The summed E-state index contributed by atoms with van der Waals surface area (Å²) < 4.78 is 11.2. The maximum absolute atomic E-state index is 13.1. The minimum absolute atomic E-state index is 0.0271. The van der Waals surface area contributed by atoms with Crippen molar-refractivity contribution in [2.75, 3.05) is 6.73 Å². The van der Waals surface area contributed by atoms with Crippen LogP contribution in [0.3, 0.4) is 0 Å². The summed E-state index contributed by atoms with van der Waals surface area (Å²) in [5.74, 6) is -0.672. The van der Waals surface area contributed by atoms with Crippen LogP contribution in [0.1, 0.15) is 79.5 Å². The Morgan fingerprint density at radius 1 is 0.812 bits per heavy atom. The zero-order valence-corrected chi connectivity index (χ0v) is 27.1. The molecular weight excluding hydrogens is 610 g/mol. The van der Waals surface area contributed by atoms with Crippen molar-refractivity contribution in [3.05, 3.63) is 107 Å². The zero-order valence-electron chi connectivity index (χ0n) is 27.1. The second kappa shape index (κ2) is 15.9. The number of Topliss-reactive ketones (excluding diaryl/α,β-unsaturated/α-hetero) is 1. The summed E-state index contributed by atoms with van der Waals surface area (Å²) in [6.07, 6.45) is 4.71. The van der Waals surface area contributed by atoms with Gasteiger partial charge in [0.05, 0.1) is 6.10 Å². The van der Waals surface area contributed by atoms with E-state index < -0.39 is 6.10 Å². The van der Waals surface area contributed by atoms with Gasteiger partial charge in [0, 0.05) is 12.8 Å². The Morgan fingerprint density at radius 3 is 2.31 bits per heavy atom. The summed E-state index contributed by atoms with van der Waals surface area (Å²) in [5, 5.41) is 52.7. The number of aromatic hydroxyl groups is 4. The number of rotatable bonds is 16. The molecule has 254 valence electrons. The van der Waals surface area contributed by atoms with Crippen molar-refractivity contribution in [2.45, 2.75) is 81.8 Å². The molecule has 0 aliphatic heterocycles. The number of aliphatic hydroxyl groups is 1. The maximum atomic E-state index is 13.1. The van der Waals surface area contributed by atoms with Gasteiger partial charge in [-0.25, -0.2) is 0 Å². The van der Waals surface area contributed by atoms with Crippen LogP contribution in [0.5, 0.6) is 34.5 Å². The van der Waals surface area contributed by atoms with E-state index in [-0.39, 0.29) is 84.2 Å². The van der Waals surface area contributed by atoms with E-state index >= 15 is 0 Å². The fraction of sp³-hybridized carbons (Fsp3) is 0.359. The van der Waals surface area contributed by atoms with Gasteiger partial charge in [-0.3, -0.25) is 10.5 Å². The highest BCUT2D eigenvalue weighted by molar-refractivity contribution is 5.79. The summed E-state index contributed by atoms with van der Waals surface area (Å²) in [4.78, 5) is 13.1.